The number of benzene rings is 5. The number of hydrogen-bond donors (Lipinski definition) is 0. The highest BCUT2D eigenvalue weighted by Gasteiger charge is 2.82. The first-order valence-electron chi connectivity index (χ1n) is 14.7. The van der Waals surface area contributed by atoms with Gasteiger partial charge in [0.1, 0.15) is 0 Å². The van der Waals surface area contributed by atoms with Gasteiger partial charge in [-0.15, -0.1) is 0 Å². The summed E-state index contributed by atoms with van der Waals surface area (Å²) < 4.78 is 0.844. The monoisotopic (exact) mass is 635 g/mol. The number of anilines is 1. The van der Waals surface area contributed by atoms with E-state index in [1.807, 2.05) is 133 Å². The fourth-order valence-corrected chi connectivity index (χ4v) is 8.44. The lowest BCUT2D eigenvalue weighted by Crippen LogP contribution is -2.45. The smallest absolute Gasteiger partial charge is 0.239 e. The van der Waals surface area contributed by atoms with Crippen LogP contribution in [0.3, 0.4) is 0 Å². The van der Waals surface area contributed by atoms with Crippen LogP contribution in [-0.2, 0) is 25.2 Å². The van der Waals surface area contributed by atoms with Crippen LogP contribution in [0.1, 0.15) is 22.3 Å². The van der Waals surface area contributed by atoms with Gasteiger partial charge in [0, 0.05) is 4.47 Å². The second kappa shape index (κ2) is 9.83. The highest BCUT2D eigenvalue weighted by Crippen LogP contribution is 2.74. The molecule has 1 heterocycles. The minimum Gasteiger partial charge on any atom is -0.297 e. The molecule has 5 aromatic rings. The lowest BCUT2D eigenvalue weighted by atomic mass is 9.59. The standard InChI is InChI=1S/C39H26BrNO3/c40-29-21-23-30(24-22-29)41-35(42)33-34(36(41)43)39(28-19-11-4-12-20-28)32(26-15-7-2-8-16-26)31(25-13-5-1-6-14-25)38(33,37(39)44)27-17-9-3-10-18-27/h1-24,33-34H/t33-,34+,38-,39-/m0/s1. The maximum absolute atomic E-state index is 15.8. The highest BCUT2D eigenvalue weighted by atomic mass is 79.9. The van der Waals surface area contributed by atoms with Gasteiger partial charge in [0.25, 0.3) is 0 Å². The van der Waals surface area contributed by atoms with E-state index in [0.717, 1.165) is 37.9 Å². The lowest BCUT2D eigenvalue weighted by molar-refractivity contribution is -0.130. The van der Waals surface area contributed by atoms with Crippen molar-refractivity contribution >= 4 is 50.4 Å². The minimum atomic E-state index is -1.40. The summed E-state index contributed by atoms with van der Waals surface area (Å²) in [4.78, 5) is 46.9. The lowest BCUT2D eigenvalue weighted by Gasteiger charge is -2.39. The fraction of sp³-hybridized carbons (Fsp3) is 0.103. The largest absolute Gasteiger partial charge is 0.297 e. The molecule has 1 saturated heterocycles. The number of allylic oxidation sites excluding steroid dienone is 2. The van der Waals surface area contributed by atoms with Gasteiger partial charge in [0.15, 0.2) is 5.78 Å². The number of amides is 2. The summed E-state index contributed by atoms with van der Waals surface area (Å²) in [6.07, 6.45) is 0. The van der Waals surface area contributed by atoms with Crippen LogP contribution in [0.2, 0.25) is 0 Å². The Bertz CT molecular complexity index is 1850. The van der Waals surface area contributed by atoms with E-state index in [-0.39, 0.29) is 17.6 Å². The van der Waals surface area contributed by atoms with Gasteiger partial charge >= 0.3 is 0 Å². The van der Waals surface area contributed by atoms with Gasteiger partial charge in [-0.3, -0.25) is 14.4 Å². The van der Waals surface area contributed by atoms with Crippen LogP contribution in [0.25, 0.3) is 11.1 Å². The van der Waals surface area contributed by atoms with E-state index >= 15 is 4.79 Å². The summed E-state index contributed by atoms with van der Waals surface area (Å²) in [7, 11) is 0. The molecule has 5 heteroatoms. The molecule has 0 aromatic heterocycles. The van der Waals surface area contributed by atoms with E-state index < -0.39 is 22.7 Å². The Labute approximate surface area is 263 Å². The maximum atomic E-state index is 15.8. The van der Waals surface area contributed by atoms with Crippen molar-refractivity contribution in [3.05, 3.63) is 172 Å². The average molecular weight is 637 g/mol. The van der Waals surface area contributed by atoms with Crippen LogP contribution in [0.15, 0.2) is 150 Å². The predicted molar refractivity (Wildman–Crippen MR) is 175 cm³/mol. The van der Waals surface area contributed by atoms with Gasteiger partial charge in [-0.1, -0.05) is 137 Å². The third-order valence-corrected chi connectivity index (χ3v) is 10.2. The third-order valence-electron chi connectivity index (χ3n) is 9.66. The van der Waals surface area contributed by atoms with Crippen molar-refractivity contribution in [1.29, 1.82) is 0 Å². The predicted octanol–water partition coefficient (Wildman–Crippen LogP) is 7.64. The number of fused-ring (bicyclic) bond motifs is 5. The van der Waals surface area contributed by atoms with E-state index in [2.05, 4.69) is 15.9 Å². The maximum Gasteiger partial charge on any atom is 0.239 e. The van der Waals surface area contributed by atoms with Crippen LogP contribution in [0.5, 0.6) is 0 Å². The van der Waals surface area contributed by atoms with Crippen LogP contribution in [0, 0.1) is 11.8 Å². The van der Waals surface area contributed by atoms with E-state index in [1.54, 1.807) is 12.1 Å². The number of rotatable bonds is 5. The summed E-state index contributed by atoms with van der Waals surface area (Å²) in [5, 5.41) is 0. The van der Waals surface area contributed by atoms with Crippen molar-refractivity contribution < 1.29 is 14.4 Å². The van der Waals surface area contributed by atoms with Gasteiger partial charge in [0.05, 0.1) is 28.4 Å². The van der Waals surface area contributed by atoms with E-state index in [0.29, 0.717) is 5.69 Å². The van der Waals surface area contributed by atoms with Crippen LogP contribution < -0.4 is 4.90 Å². The average Bonchev–Trinajstić information content (AvgIpc) is 3.59. The summed E-state index contributed by atoms with van der Waals surface area (Å²) in [5.74, 6) is -2.68. The molecule has 44 heavy (non-hydrogen) atoms. The number of halogens is 1. The van der Waals surface area contributed by atoms with Crippen molar-refractivity contribution in [1.82, 2.24) is 0 Å². The molecule has 0 radical (unpaired) electrons. The Balaban J connectivity index is 1.55. The third kappa shape index (κ3) is 3.30. The summed E-state index contributed by atoms with van der Waals surface area (Å²) in [5.41, 5.74) is 2.47. The highest BCUT2D eigenvalue weighted by molar-refractivity contribution is 9.10. The van der Waals surface area contributed by atoms with Crippen molar-refractivity contribution in [3.8, 4) is 0 Å². The Morgan fingerprint density at radius 3 is 1.23 bits per heavy atom. The molecular weight excluding hydrogens is 610 g/mol. The molecule has 5 aromatic carbocycles. The zero-order valence-electron chi connectivity index (χ0n) is 23.6. The van der Waals surface area contributed by atoms with Crippen LogP contribution >= 0.6 is 15.9 Å². The van der Waals surface area contributed by atoms with Crippen molar-refractivity contribution in [2.24, 2.45) is 11.8 Å². The van der Waals surface area contributed by atoms with E-state index in [4.69, 9.17) is 0 Å². The second-order valence-electron chi connectivity index (χ2n) is 11.6. The van der Waals surface area contributed by atoms with Gasteiger partial charge < -0.3 is 0 Å². The zero-order valence-corrected chi connectivity index (χ0v) is 25.1. The Morgan fingerprint density at radius 1 is 0.477 bits per heavy atom. The summed E-state index contributed by atoms with van der Waals surface area (Å²) >= 11 is 3.48. The van der Waals surface area contributed by atoms with Gasteiger partial charge in [-0.2, -0.15) is 0 Å². The Hall–Kier alpha value is -4.87. The Morgan fingerprint density at radius 2 is 0.841 bits per heavy atom. The summed E-state index contributed by atoms with van der Waals surface area (Å²) in [6.45, 7) is 0. The number of carbonyl (C=O) groups excluding carboxylic acids is 3. The molecule has 0 N–H and O–H groups in total. The first-order valence-corrected chi connectivity index (χ1v) is 15.5. The molecule has 8 rings (SSSR count). The number of ketones is 1. The molecular formula is C39H26BrNO3. The van der Waals surface area contributed by atoms with Crippen molar-refractivity contribution in [3.63, 3.8) is 0 Å². The minimum absolute atomic E-state index is 0.118. The molecule has 1 aliphatic heterocycles. The van der Waals surface area contributed by atoms with Gasteiger partial charge in [-0.05, 0) is 57.7 Å². The first-order chi connectivity index (χ1) is 21.5. The van der Waals surface area contributed by atoms with Crippen molar-refractivity contribution in [2.75, 3.05) is 4.90 Å². The summed E-state index contributed by atoms with van der Waals surface area (Å²) in [6, 6.07) is 46.2. The fourth-order valence-electron chi connectivity index (χ4n) is 8.18. The zero-order chi connectivity index (χ0) is 30.1. The molecule has 4 atom stereocenters. The molecule has 1 saturated carbocycles. The van der Waals surface area contributed by atoms with Gasteiger partial charge in [0.2, 0.25) is 11.8 Å². The SMILES string of the molecule is O=C1[C@@H]2[C@H](C(=O)N1c1ccc(Br)cc1)[C@@]1(c3ccccc3)C(=O)[C@@]2(c2ccccc2)C(c2ccccc2)=C1c1ccccc1. The molecule has 2 amide bonds. The van der Waals surface area contributed by atoms with Gasteiger partial charge in [-0.25, -0.2) is 4.90 Å². The molecule has 2 aliphatic carbocycles. The number of hydrogen-bond acceptors (Lipinski definition) is 3. The molecule has 2 bridgehead atoms. The second-order valence-corrected chi connectivity index (χ2v) is 12.5. The number of carbonyl (C=O) groups is 3. The number of imide groups is 1. The molecule has 0 spiro atoms. The molecule has 0 unspecified atom stereocenters. The van der Waals surface area contributed by atoms with E-state index in [1.165, 1.54) is 4.90 Å². The Kier molecular flexibility index (Phi) is 5.97. The first kappa shape index (κ1) is 26.7. The normalized spacial score (nSPS) is 25.6. The molecule has 212 valence electrons. The number of Topliss-reactive ketones (excluding diaryl/α,β-unsaturated/α-hetero) is 1. The number of nitrogens with zero attached hydrogens (tertiary/aromatic N) is 1. The quantitative estimate of drug-likeness (QED) is 0.187. The molecule has 2 fully saturated rings. The van der Waals surface area contributed by atoms with E-state index in [9.17, 15) is 9.59 Å². The molecule has 3 aliphatic rings. The van der Waals surface area contributed by atoms with Crippen molar-refractivity contribution in [2.45, 2.75) is 10.8 Å². The molecule has 4 nitrogen and oxygen atoms in total. The van der Waals surface area contributed by atoms with Crippen LogP contribution in [-0.4, -0.2) is 17.6 Å². The topological polar surface area (TPSA) is 54.5 Å². The van der Waals surface area contributed by atoms with Crippen LogP contribution in [0.4, 0.5) is 5.69 Å².